The minimum absolute atomic E-state index is 0.0583. The highest BCUT2D eigenvalue weighted by atomic mass is 16.7. The van der Waals surface area contributed by atoms with Crippen molar-refractivity contribution in [3.05, 3.63) is 0 Å². The van der Waals surface area contributed by atoms with Gasteiger partial charge in [0.15, 0.2) is 0 Å². The number of hydrogen-bond donors (Lipinski definition) is 1. The number of nitrogens with one attached hydrogen (secondary N) is 1. The molecule has 0 aliphatic carbocycles. The van der Waals surface area contributed by atoms with Crippen molar-refractivity contribution in [3.63, 3.8) is 0 Å². The van der Waals surface area contributed by atoms with E-state index in [0.717, 1.165) is 0 Å². The fourth-order valence-electron chi connectivity index (χ4n) is 1.82. The van der Waals surface area contributed by atoms with Gasteiger partial charge in [-0.3, -0.25) is 9.59 Å². The number of carbonyl (C=O) groups excluding carboxylic acids is 4. The summed E-state index contributed by atoms with van der Waals surface area (Å²) >= 11 is 0. The molecule has 0 unspecified atom stereocenters. The minimum Gasteiger partial charge on any atom is -0.444 e. The molecule has 0 bridgehead atoms. The fraction of sp³-hybridized carbons (Fsp3) is 0.750. The van der Waals surface area contributed by atoms with E-state index in [9.17, 15) is 19.2 Å². The Morgan fingerprint density at radius 2 is 1.58 bits per heavy atom. The predicted octanol–water partition coefficient (Wildman–Crippen LogP) is 0.542. The van der Waals surface area contributed by atoms with E-state index in [1.165, 1.54) is 0 Å². The first-order chi connectivity index (χ1) is 12.2. The number of hydrogen-bond acceptors (Lipinski definition) is 8. The van der Waals surface area contributed by atoms with Crippen LogP contribution in [0.4, 0.5) is 4.79 Å². The average Bonchev–Trinajstić information content (AvgIpc) is 2.83. The molecule has 1 rings (SSSR count). The molecule has 1 aliphatic heterocycles. The van der Waals surface area contributed by atoms with Crippen molar-refractivity contribution < 1.29 is 38.2 Å². The third-order valence-corrected chi connectivity index (χ3v) is 2.94. The van der Waals surface area contributed by atoms with Gasteiger partial charge in [0.05, 0.1) is 32.8 Å². The monoisotopic (exact) mass is 374 g/mol. The molecular formula is C16H26N2O8. The third kappa shape index (κ3) is 9.33. The number of rotatable bonds is 10. The Morgan fingerprint density at radius 1 is 1.00 bits per heavy atom. The first-order valence-electron chi connectivity index (χ1n) is 8.38. The molecule has 0 saturated carbocycles. The lowest BCUT2D eigenvalue weighted by Crippen LogP contribution is -2.34. The van der Waals surface area contributed by atoms with E-state index < -0.39 is 29.5 Å². The van der Waals surface area contributed by atoms with Crippen LogP contribution in [-0.4, -0.2) is 67.5 Å². The third-order valence-electron chi connectivity index (χ3n) is 2.94. The maximum Gasteiger partial charge on any atom is 0.407 e. The lowest BCUT2D eigenvalue weighted by molar-refractivity contribution is -0.198. The molecule has 3 amide bonds. The molecular weight excluding hydrogens is 348 g/mol. The summed E-state index contributed by atoms with van der Waals surface area (Å²) in [6.07, 6.45) is -0.478. The summed E-state index contributed by atoms with van der Waals surface area (Å²) < 4.78 is 15.5. The van der Waals surface area contributed by atoms with E-state index in [0.29, 0.717) is 18.2 Å². The normalized spacial score (nSPS) is 14.5. The lowest BCUT2D eigenvalue weighted by atomic mass is 10.2. The number of nitrogens with zero attached hydrogens (tertiary/aromatic N) is 1. The molecule has 0 spiro atoms. The van der Waals surface area contributed by atoms with Gasteiger partial charge in [0.1, 0.15) is 5.60 Å². The quantitative estimate of drug-likeness (QED) is 0.434. The van der Waals surface area contributed by atoms with Gasteiger partial charge in [-0.15, -0.1) is 5.06 Å². The molecule has 0 aromatic heterocycles. The molecule has 148 valence electrons. The molecule has 1 aliphatic rings. The van der Waals surface area contributed by atoms with Crippen molar-refractivity contribution >= 4 is 23.9 Å². The Bertz CT molecular complexity index is 499. The Hall–Kier alpha value is -2.20. The lowest BCUT2D eigenvalue weighted by Gasteiger charge is -2.19. The van der Waals surface area contributed by atoms with E-state index >= 15 is 0 Å². The second kappa shape index (κ2) is 10.7. The van der Waals surface area contributed by atoms with Crippen molar-refractivity contribution in [2.24, 2.45) is 0 Å². The van der Waals surface area contributed by atoms with Crippen molar-refractivity contribution in [3.8, 4) is 0 Å². The van der Waals surface area contributed by atoms with E-state index in [4.69, 9.17) is 14.2 Å². The molecule has 10 heteroatoms. The smallest absolute Gasteiger partial charge is 0.407 e. The molecule has 26 heavy (non-hydrogen) atoms. The average molecular weight is 374 g/mol. The van der Waals surface area contributed by atoms with Crippen LogP contribution in [0.1, 0.15) is 40.0 Å². The SMILES string of the molecule is CC(C)(C)OC(=O)NCCOCCOCCC(=O)ON1C(=O)CCC1=O. The molecule has 1 saturated heterocycles. The van der Waals surface area contributed by atoms with Crippen LogP contribution in [0.15, 0.2) is 0 Å². The maximum atomic E-state index is 11.5. The zero-order valence-electron chi connectivity index (χ0n) is 15.4. The van der Waals surface area contributed by atoms with E-state index in [1.807, 2.05) is 0 Å². The van der Waals surface area contributed by atoms with Crippen molar-refractivity contribution in [2.75, 3.05) is 33.0 Å². The van der Waals surface area contributed by atoms with Gasteiger partial charge in [-0.05, 0) is 20.8 Å². The largest absolute Gasteiger partial charge is 0.444 e. The van der Waals surface area contributed by atoms with Crippen molar-refractivity contribution in [1.29, 1.82) is 0 Å². The van der Waals surface area contributed by atoms with Crippen LogP contribution in [0, 0.1) is 0 Å². The fourth-order valence-corrected chi connectivity index (χ4v) is 1.82. The van der Waals surface area contributed by atoms with Crippen LogP contribution in [0.2, 0.25) is 0 Å². The van der Waals surface area contributed by atoms with E-state index in [1.54, 1.807) is 20.8 Å². The molecule has 0 atom stereocenters. The summed E-state index contributed by atoms with van der Waals surface area (Å²) in [5, 5.41) is 3.05. The second-order valence-corrected chi connectivity index (χ2v) is 6.45. The van der Waals surface area contributed by atoms with Gasteiger partial charge in [-0.2, -0.15) is 0 Å². The van der Waals surface area contributed by atoms with Crippen LogP contribution < -0.4 is 5.32 Å². The van der Waals surface area contributed by atoms with Crippen molar-refractivity contribution in [1.82, 2.24) is 10.4 Å². The van der Waals surface area contributed by atoms with Crippen LogP contribution >= 0.6 is 0 Å². The van der Waals surface area contributed by atoms with Crippen LogP contribution in [-0.2, 0) is 33.4 Å². The number of imide groups is 1. The second-order valence-electron chi connectivity index (χ2n) is 6.45. The summed E-state index contributed by atoms with van der Waals surface area (Å²) in [6, 6.07) is 0. The van der Waals surface area contributed by atoms with Crippen molar-refractivity contribution in [2.45, 2.75) is 45.6 Å². The molecule has 0 aromatic rings. The molecule has 0 radical (unpaired) electrons. The van der Waals surface area contributed by atoms with Gasteiger partial charge in [0.2, 0.25) is 0 Å². The van der Waals surface area contributed by atoms with Crippen LogP contribution in [0.5, 0.6) is 0 Å². The Labute approximate surface area is 152 Å². The van der Waals surface area contributed by atoms with E-state index in [-0.39, 0.29) is 39.1 Å². The molecule has 1 fully saturated rings. The number of hydroxylamine groups is 2. The first-order valence-corrected chi connectivity index (χ1v) is 8.38. The summed E-state index contributed by atoms with van der Waals surface area (Å²) in [5.41, 5.74) is -0.546. The molecule has 10 nitrogen and oxygen atoms in total. The molecule has 1 heterocycles. The highest BCUT2D eigenvalue weighted by molar-refractivity contribution is 6.01. The predicted molar refractivity (Wildman–Crippen MR) is 87.7 cm³/mol. The zero-order valence-corrected chi connectivity index (χ0v) is 15.4. The topological polar surface area (TPSA) is 120 Å². The minimum atomic E-state index is -0.712. The number of carbonyl (C=O) groups is 4. The van der Waals surface area contributed by atoms with Gasteiger partial charge in [0, 0.05) is 19.4 Å². The molecule has 1 N–H and O–H groups in total. The number of ether oxygens (including phenoxy) is 3. The number of alkyl carbamates (subject to hydrolysis) is 1. The molecule has 0 aromatic carbocycles. The summed E-state index contributed by atoms with van der Waals surface area (Å²) in [7, 11) is 0. The summed E-state index contributed by atoms with van der Waals surface area (Å²) in [4.78, 5) is 50.1. The highest BCUT2D eigenvalue weighted by Crippen LogP contribution is 2.12. The Morgan fingerprint density at radius 3 is 2.15 bits per heavy atom. The Balaban J connectivity index is 1.94. The Kier molecular flexibility index (Phi) is 9.00. The van der Waals surface area contributed by atoms with Gasteiger partial charge >= 0.3 is 12.1 Å². The van der Waals surface area contributed by atoms with E-state index in [2.05, 4.69) is 10.2 Å². The summed E-state index contributed by atoms with van der Waals surface area (Å²) in [5.74, 6) is -1.74. The first kappa shape index (κ1) is 21.8. The van der Waals surface area contributed by atoms with Gasteiger partial charge in [0.25, 0.3) is 11.8 Å². The van der Waals surface area contributed by atoms with Crippen LogP contribution in [0.25, 0.3) is 0 Å². The van der Waals surface area contributed by atoms with Crippen LogP contribution in [0.3, 0.4) is 0 Å². The highest BCUT2D eigenvalue weighted by Gasteiger charge is 2.32. The summed E-state index contributed by atoms with van der Waals surface area (Å²) in [6.45, 7) is 6.54. The number of amides is 3. The van der Waals surface area contributed by atoms with Gasteiger partial charge in [-0.1, -0.05) is 0 Å². The zero-order chi connectivity index (χ0) is 19.6. The van der Waals surface area contributed by atoms with Gasteiger partial charge in [-0.25, -0.2) is 9.59 Å². The van der Waals surface area contributed by atoms with Gasteiger partial charge < -0.3 is 24.4 Å². The maximum absolute atomic E-state index is 11.5. The standard InChI is InChI=1S/C16H26N2O8/c1-16(2,3)25-15(22)17-7-9-24-11-10-23-8-6-14(21)26-18-12(19)4-5-13(18)20/h4-11H2,1-3H3,(H,17,22).